The maximum Gasteiger partial charge on any atom is 0.272 e. The predicted molar refractivity (Wildman–Crippen MR) is 121 cm³/mol. The van der Waals surface area contributed by atoms with Gasteiger partial charge in [-0.2, -0.15) is 0 Å². The molecule has 0 bridgehead atoms. The van der Waals surface area contributed by atoms with Crippen molar-refractivity contribution in [3.8, 4) is 17.2 Å². The first-order valence-electron chi connectivity index (χ1n) is 11.1. The number of hydrogen-bond donors (Lipinski definition) is 1. The van der Waals surface area contributed by atoms with Crippen molar-refractivity contribution in [2.45, 2.75) is 65.3 Å². The molecule has 1 amide bonds. The van der Waals surface area contributed by atoms with Crippen LogP contribution in [0.2, 0.25) is 0 Å². The average Bonchev–Trinajstić information content (AvgIpc) is 3.29. The van der Waals surface area contributed by atoms with Crippen molar-refractivity contribution in [1.82, 2.24) is 19.4 Å². The Morgan fingerprint density at radius 2 is 1.77 bits per heavy atom. The summed E-state index contributed by atoms with van der Waals surface area (Å²) in [6.45, 7) is 6.27. The van der Waals surface area contributed by atoms with E-state index in [4.69, 9.17) is 4.98 Å². The summed E-state index contributed by atoms with van der Waals surface area (Å²) in [6.07, 6.45) is 6.52. The molecule has 5 nitrogen and oxygen atoms in total. The Hall–Kier alpha value is -2.82. The molecule has 1 aliphatic rings. The molecule has 1 aliphatic carbocycles. The van der Waals surface area contributed by atoms with Crippen LogP contribution in [-0.2, 0) is 13.5 Å². The lowest BCUT2D eigenvalue weighted by atomic mass is 9.95. The van der Waals surface area contributed by atoms with Gasteiger partial charge in [0.25, 0.3) is 5.91 Å². The van der Waals surface area contributed by atoms with Crippen molar-refractivity contribution in [2.75, 3.05) is 0 Å². The van der Waals surface area contributed by atoms with E-state index < -0.39 is 0 Å². The number of nitrogens with one attached hydrogen (secondary N) is 1. The van der Waals surface area contributed by atoms with Gasteiger partial charge in [0.2, 0.25) is 0 Å². The van der Waals surface area contributed by atoms with Crippen LogP contribution in [0.15, 0.2) is 36.4 Å². The molecule has 158 valence electrons. The fourth-order valence-electron chi connectivity index (χ4n) is 4.44. The number of rotatable bonds is 5. The minimum Gasteiger partial charge on any atom is -0.348 e. The second kappa shape index (κ2) is 8.50. The Bertz CT molecular complexity index is 1040. The monoisotopic (exact) mass is 404 g/mol. The van der Waals surface area contributed by atoms with Crippen LogP contribution in [0.5, 0.6) is 0 Å². The summed E-state index contributed by atoms with van der Waals surface area (Å²) in [7, 11) is 2.05. The summed E-state index contributed by atoms with van der Waals surface area (Å²) < 4.78 is 4.29. The first-order valence-corrected chi connectivity index (χ1v) is 11.1. The highest BCUT2D eigenvalue weighted by molar-refractivity contribution is 5.94. The van der Waals surface area contributed by atoms with E-state index in [2.05, 4.69) is 71.6 Å². The van der Waals surface area contributed by atoms with E-state index in [0.717, 1.165) is 47.9 Å². The third kappa shape index (κ3) is 3.81. The molecule has 0 saturated heterocycles. The molecule has 1 fully saturated rings. The molecule has 0 radical (unpaired) electrons. The van der Waals surface area contributed by atoms with E-state index in [1.807, 2.05) is 7.05 Å². The van der Waals surface area contributed by atoms with Gasteiger partial charge in [-0.1, -0.05) is 43.9 Å². The van der Waals surface area contributed by atoms with E-state index in [0.29, 0.717) is 5.69 Å². The molecule has 2 aromatic heterocycles. The van der Waals surface area contributed by atoms with Crippen LogP contribution in [0.1, 0.15) is 66.5 Å². The summed E-state index contributed by atoms with van der Waals surface area (Å²) in [5.41, 5.74) is 5.94. The molecule has 0 aliphatic heterocycles. The van der Waals surface area contributed by atoms with Gasteiger partial charge in [-0.05, 0) is 57.4 Å². The van der Waals surface area contributed by atoms with Gasteiger partial charge in [0, 0.05) is 24.5 Å². The molecule has 0 unspecified atom stereocenters. The zero-order valence-corrected chi connectivity index (χ0v) is 18.5. The summed E-state index contributed by atoms with van der Waals surface area (Å²) in [4.78, 5) is 18.2. The van der Waals surface area contributed by atoms with Crippen LogP contribution >= 0.6 is 0 Å². The quantitative estimate of drug-likeness (QED) is 0.642. The van der Waals surface area contributed by atoms with Crippen molar-refractivity contribution >= 4 is 5.91 Å². The molecule has 30 heavy (non-hydrogen) atoms. The third-order valence-electron chi connectivity index (χ3n) is 6.36. The van der Waals surface area contributed by atoms with Crippen molar-refractivity contribution < 1.29 is 4.79 Å². The fraction of sp³-hybridized carbons (Fsp3) is 0.440. The van der Waals surface area contributed by atoms with Crippen molar-refractivity contribution in [3.05, 3.63) is 59.0 Å². The van der Waals surface area contributed by atoms with E-state index in [1.54, 1.807) is 0 Å². The zero-order chi connectivity index (χ0) is 21.3. The molecule has 0 atom stereocenters. The maximum atomic E-state index is 13.3. The van der Waals surface area contributed by atoms with Gasteiger partial charge in [-0.15, -0.1) is 0 Å². The molecule has 1 saturated carbocycles. The van der Waals surface area contributed by atoms with Crippen LogP contribution in [-0.4, -0.2) is 26.1 Å². The Kier molecular flexibility index (Phi) is 5.80. The molecule has 1 N–H and O–H groups in total. The van der Waals surface area contributed by atoms with Crippen molar-refractivity contribution in [2.24, 2.45) is 7.05 Å². The lowest BCUT2D eigenvalue weighted by Gasteiger charge is -2.22. The topological polar surface area (TPSA) is 51.9 Å². The number of nitrogens with zero attached hydrogens (tertiary/aromatic N) is 3. The molecule has 5 heteroatoms. The second-order valence-corrected chi connectivity index (χ2v) is 8.48. The number of aryl methyl sites for hydroxylation is 2. The fourth-order valence-corrected chi connectivity index (χ4v) is 4.44. The van der Waals surface area contributed by atoms with Crippen LogP contribution < -0.4 is 5.32 Å². The molecular formula is C25H32N4O. The minimum atomic E-state index is -0.0446. The number of carbonyl (C=O) groups excluding carboxylic acids is 1. The highest BCUT2D eigenvalue weighted by Gasteiger charge is 2.26. The second-order valence-electron chi connectivity index (χ2n) is 8.48. The maximum absolute atomic E-state index is 13.3. The van der Waals surface area contributed by atoms with Crippen LogP contribution in [0.25, 0.3) is 17.2 Å². The highest BCUT2D eigenvalue weighted by Crippen LogP contribution is 2.29. The number of aromatic nitrogens is 3. The van der Waals surface area contributed by atoms with Crippen molar-refractivity contribution in [3.63, 3.8) is 0 Å². The van der Waals surface area contributed by atoms with Gasteiger partial charge >= 0.3 is 0 Å². The summed E-state index contributed by atoms with van der Waals surface area (Å²) in [6, 6.07) is 12.9. The zero-order valence-electron chi connectivity index (χ0n) is 18.5. The highest BCUT2D eigenvalue weighted by atomic mass is 16.2. The van der Waals surface area contributed by atoms with Crippen LogP contribution in [0.3, 0.4) is 0 Å². The van der Waals surface area contributed by atoms with Gasteiger partial charge in [0.05, 0.1) is 11.4 Å². The van der Waals surface area contributed by atoms with E-state index in [1.165, 1.54) is 24.8 Å². The van der Waals surface area contributed by atoms with Gasteiger partial charge in [0.1, 0.15) is 0 Å². The third-order valence-corrected chi connectivity index (χ3v) is 6.36. The minimum absolute atomic E-state index is 0.0446. The smallest absolute Gasteiger partial charge is 0.272 e. The Labute approximate surface area is 179 Å². The number of imidazole rings is 1. The summed E-state index contributed by atoms with van der Waals surface area (Å²) >= 11 is 0. The summed E-state index contributed by atoms with van der Waals surface area (Å²) in [5.74, 6) is 0.775. The van der Waals surface area contributed by atoms with Gasteiger partial charge in [-0.3, -0.25) is 9.36 Å². The van der Waals surface area contributed by atoms with Gasteiger partial charge in [-0.25, -0.2) is 4.98 Å². The first kappa shape index (κ1) is 20.5. The summed E-state index contributed by atoms with van der Waals surface area (Å²) in [5, 5.41) is 3.26. The van der Waals surface area contributed by atoms with E-state index in [9.17, 15) is 4.79 Å². The standard InChI is InChI=1S/C25H32N4O/c1-5-21-23(25(30)26-19-9-7-6-8-10-19)27-24(22-16-13-18(3)28(22)4)29(21)20-14-11-17(2)12-15-20/h11-16,19H,5-10H2,1-4H3,(H,26,30). The lowest BCUT2D eigenvalue weighted by Crippen LogP contribution is -2.36. The van der Waals surface area contributed by atoms with Gasteiger partial charge < -0.3 is 9.88 Å². The SMILES string of the molecule is CCc1c(C(=O)NC2CCCCC2)nc(-c2ccc(C)n2C)n1-c1ccc(C)cc1. The predicted octanol–water partition coefficient (Wildman–Crippen LogP) is 5.12. The normalized spacial score (nSPS) is 14.8. The van der Waals surface area contributed by atoms with Crippen molar-refractivity contribution in [1.29, 1.82) is 0 Å². The Morgan fingerprint density at radius 1 is 1.07 bits per heavy atom. The van der Waals surface area contributed by atoms with Crippen LogP contribution in [0.4, 0.5) is 0 Å². The average molecular weight is 405 g/mol. The molecular weight excluding hydrogens is 372 g/mol. The molecule has 2 heterocycles. The first-order chi connectivity index (χ1) is 14.5. The van der Waals surface area contributed by atoms with Gasteiger partial charge in [0.15, 0.2) is 11.5 Å². The Morgan fingerprint density at radius 3 is 2.37 bits per heavy atom. The molecule has 4 rings (SSSR count). The largest absolute Gasteiger partial charge is 0.348 e. The number of amides is 1. The number of hydrogen-bond acceptors (Lipinski definition) is 2. The van der Waals surface area contributed by atoms with E-state index in [-0.39, 0.29) is 11.9 Å². The molecule has 1 aromatic carbocycles. The number of benzene rings is 1. The van der Waals surface area contributed by atoms with E-state index >= 15 is 0 Å². The Balaban J connectivity index is 1.83. The number of carbonyl (C=O) groups is 1. The molecule has 0 spiro atoms. The lowest BCUT2D eigenvalue weighted by molar-refractivity contribution is 0.0922. The molecule has 3 aromatic rings. The van der Waals surface area contributed by atoms with Crippen LogP contribution in [0, 0.1) is 13.8 Å².